The molecule has 3 aromatic rings. The summed E-state index contributed by atoms with van der Waals surface area (Å²) in [5.41, 5.74) is 2.30. The quantitative estimate of drug-likeness (QED) is 0.445. The van der Waals surface area contributed by atoms with Crippen molar-refractivity contribution in [3.05, 3.63) is 62.1 Å². The lowest BCUT2D eigenvalue weighted by atomic mass is 10.2. The SMILES string of the molecule is Cc1nn(Cc2ccc(Cl)cc2)c(C)c1NC(=O)Cn1nc(C(F)(F)F)c(Br)c1C1CC1. The summed E-state index contributed by atoms with van der Waals surface area (Å²) in [4.78, 5) is 12.7. The average Bonchev–Trinajstić information content (AvgIpc) is 3.44. The molecule has 1 aliphatic rings. The molecule has 170 valence electrons. The highest BCUT2D eigenvalue weighted by Crippen LogP contribution is 2.47. The number of amides is 1. The van der Waals surface area contributed by atoms with Gasteiger partial charge in [0.25, 0.3) is 0 Å². The minimum Gasteiger partial charge on any atom is -0.321 e. The van der Waals surface area contributed by atoms with Gasteiger partial charge in [0.1, 0.15) is 6.54 Å². The number of nitrogens with one attached hydrogen (secondary N) is 1. The predicted octanol–water partition coefficient (Wildman–Crippen LogP) is 5.70. The van der Waals surface area contributed by atoms with Gasteiger partial charge in [-0.2, -0.15) is 23.4 Å². The number of carbonyl (C=O) groups is 1. The predicted molar refractivity (Wildman–Crippen MR) is 118 cm³/mol. The van der Waals surface area contributed by atoms with Crippen LogP contribution in [0, 0.1) is 13.8 Å². The lowest BCUT2D eigenvalue weighted by Gasteiger charge is -2.09. The molecule has 0 unspecified atom stereocenters. The van der Waals surface area contributed by atoms with Crippen molar-refractivity contribution in [2.75, 3.05) is 5.32 Å². The zero-order chi connectivity index (χ0) is 23.2. The molecule has 0 radical (unpaired) electrons. The van der Waals surface area contributed by atoms with E-state index in [4.69, 9.17) is 11.6 Å². The third-order valence-corrected chi connectivity index (χ3v) is 6.38. The molecule has 0 atom stereocenters. The molecule has 1 fully saturated rings. The fraction of sp³-hybridized carbons (Fsp3) is 0.381. The van der Waals surface area contributed by atoms with Crippen LogP contribution >= 0.6 is 27.5 Å². The molecule has 6 nitrogen and oxygen atoms in total. The number of carbonyl (C=O) groups excluding carboxylic acids is 1. The zero-order valence-corrected chi connectivity index (χ0v) is 19.6. The molecule has 4 rings (SSSR count). The van der Waals surface area contributed by atoms with Crippen LogP contribution in [0.5, 0.6) is 0 Å². The van der Waals surface area contributed by atoms with Gasteiger partial charge in [0.2, 0.25) is 5.91 Å². The van der Waals surface area contributed by atoms with Crippen LogP contribution in [0.25, 0.3) is 0 Å². The lowest BCUT2D eigenvalue weighted by molar-refractivity contribution is -0.142. The molecule has 0 bridgehead atoms. The third-order valence-electron chi connectivity index (χ3n) is 5.35. The monoisotopic (exact) mass is 529 g/mol. The number of halogens is 5. The highest BCUT2D eigenvalue weighted by Gasteiger charge is 2.42. The van der Waals surface area contributed by atoms with Gasteiger partial charge in [0.15, 0.2) is 5.69 Å². The molecule has 1 amide bonds. The number of anilines is 1. The minimum absolute atomic E-state index is 0.0219. The Morgan fingerprint density at radius 1 is 1.19 bits per heavy atom. The summed E-state index contributed by atoms with van der Waals surface area (Å²) in [5, 5.41) is 11.6. The molecule has 1 aromatic carbocycles. The topological polar surface area (TPSA) is 64.7 Å². The summed E-state index contributed by atoms with van der Waals surface area (Å²) >= 11 is 8.97. The highest BCUT2D eigenvalue weighted by molar-refractivity contribution is 9.10. The van der Waals surface area contributed by atoms with E-state index in [0.29, 0.717) is 28.6 Å². The number of nitrogens with zero attached hydrogens (tertiary/aromatic N) is 4. The van der Waals surface area contributed by atoms with Crippen molar-refractivity contribution in [1.82, 2.24) is 19.6 Å². The number of hydrogen-bond acceptors (Lipinski definition) is 3. The van der Waals surface area contributed by atoms with Crippen molar-refractivity contribution in [2.45, 2.75) is 51.9 Å². The van der Waals surface area contributed by atoms with Crippen LogP contribution in [0.15, 0.2) is 28.7 Å². The van der Waals surface area contributed by atoms with Crippen LogP contribution in [0.2, 0.25) is 5.02 Å². The molecule has 1 N–H and O–H groups in total. The normalized spacial score (nSPS) is 14.1. The third kappa shape index (κ3) is 4.71. The van der Waals surface area contributed by atoms with Gasteiger partial charge in [0, 0.05) is 10.9 Å². The van der Waals surface area contributed by atoms with Gasteiger partial charge in [-0.15, -0.1) is 0 Å². The molecule has 0 spiro atoms. The number of aromatic nitrogens is 4. The van der Waals surface area contributed by atoms with E-state index in [1.807, 2.05) is 19.1 Å². The Bertz CT molecular complexity index is 1170. The van der Waals surface area contributed by atoms with E-state index >= 15 is 0 Å². The largest absolute Gasteiger partial charge is 0.436 e. The van der Waals surface area contributed by atoms with Crippen LogP contribution in [0.4, 0.5) is 18.9 Å². The second-order valence-electron chi connectivity index (χ2n) is 7.86. The van der Waals surface area contributed by atoms with Crippen molar-refractivity contribution >= 4 is 39.1 Å². The molecule has 11 heteroatoms. The van der Waals surface area contributed by atoms with Gasteiger partial charge >= 0.3 is 6.18 Å². The Hall–Kier alpha value is -2.33. The van der Waals surface area contributed by atoms with Gasteiger partial charge in [0.05, 0.1) is 33.8 Å². The number of benzene rings is 1. The molecular weight excluding hydrogens is 511 g/mol. The fourth-order valence-corrected chi connectivity index (χ4v) is 4.57. The van der Waals surface area contributed by atoms with Crippen LogP contribution in [-0.4, -0.2) is 25.5 Å². The second kappa shape index (κ2) is 8.55. The number of alkyl halides is 3. The van der Waals surface area contributed by atoms with Gasteiger partial charge in [-0.25, -0.2) is 0 Å². The molecule has 2 heterocycles. The van der Waals surface area contributed by atoms with E-state index in [2.05, 4.69) is 31.4 Å². The molecular formula is C21H20BrClF3N5O. The first kappa shape index (κ1) is 22.8. The summed E-state index contributed by atoms with van der Waals surface area (Å²) in [7, 11) is 0. The molecule has 1 saturated carbocycles. The molecule has 0 saturated heterocycles. The average molecular weight is 531 g/mol. The Morgan fingerprint density at radius 3 is 2.44 bits per heavy atom. The van der Waals surface area contributed by atoms with E-state index in [1.54, 1.807) is 23.7 Å². The van der Waals surface area contributed by atoms with Crippen molar-refractivity contribution in [3.8, 4) is 0 Å². The maximum atomic E-state index is 13.3. The smallest absolute Gasteiger partial charge is 0.321 e. The first-order valence-electron chi connectivity index (χ1n) is 9.96. The molecule has 0 aliphatic heterocycles. The van der Waals surface area contributed by atoms with Gasteiger partial charge < -0.3 is 5.32 Å². The Morgan fingerprint density at radius 2 is 1.84 bits per heavy atom. The van der Waals surface area contributed by atoms with E-state index < -0.39 is 17.8 Å². The van der Waals surface area contributed by atoms with E-state index in [1.165, 1.54) is 0 Å². The first-order valence-corrected chi connectivity index (χ1v) is 11.1. The van der Waals surface area contributed by atoms with Crippen LogP contribution in [0.3, 0.4) is 0 Å². The number of aryl methyl sites for hydroxylation is 1. The van der Waals surface area contributed by atoms with Crippen LogP contribution < -0.4 is 5.32 Å². The number of hydrogen-bond donors (Lipinski definition) is 1. The minimum atomic E-state index is -4.60. The molecule has 32 heavy (non-hydrogen) atoms. The van der Waals surface area contributed by atoms with E-state index in [-0.39, 0.29) is 16.9 Å². The standard InChI is InChI=1S/C21H20BrClF3N5O/c1-11-18(12(2)30(28-11)9-13-3-7-15(23)8-4-13)27-16(32)10-31-19(14-5-6-14)17(22)20(29-31)21(24,25)26/h3-4,7-8,14H,5-6,9-10H2,1-2H3,(H,27,32). The Labute approximate surface area is 195 Å². The van der Waals surface area contributed by atoms with Gasteiger partial charge in [-0.05, 0) is 60.3 Å². The van der Waals surface area contributed by atoms with E-state index in [9.17, 15) is 18.0 Å². The Balaban J connectivity index is 1.53. The summed E-state index contributed by atoms with van der Waals surface area (Å²) < 4.78 is 42.7. The summed E-state index contributed by atoms with van der Waals surface area (Å²) in [6.07, 6.45) is -3.04. The first-order chi connectivity index (χ1) is 15.0. The Kier molecular flexibility index (Phi) is 6.10. The summed E-state index contributed by atoms with van der Waals surface area (Å²) in [5.74, 6) is -0.487. The van der Waals surface area contributed by atoms with Crippen molar-refractivity contribution < 1.29 is 18.0 Å². The lowest BCUT2D eigenvalue weighted by Crippen LogP contribution is -2.22. The van der Waals surface area contributed by atoms with Crippen molar-refractivity contribution in [3.63, 3.8) is 0 Å². The second-order valence-corrected chi connectivity index (χ2v) is 9.09. The van der Waals surface area contributed by atoms with E-state index in [0.717, 1.165) is 28.8 Å². The molecule has 1 aliphatic carbocycles. The molecule has 2 aromatic heterocycles. The van der Waals surface area contributed by atoms with Gasteiger partial charge in [-0.3, -0.25) is 14.2 Å². The maximum absolute atomic E-state index is 13.3. The van der Waals surface area contributed by atoms with Gasteiger partial charge in [-0.1, -0.05) is 23.7 Å². The summed E-state index contributed by atoms with van der Waals surface area (Å²) in [6.45, 7) is 3.77. The van der Waals surface area contributed by atoms with Crippen LogP contribution in [0.1, 0.15) is 47.1 Å². The number of rotatable bonds is 6. The highest BCUT2D eigenvalue weighted by atomic mass is 79.9. The zero-order valence-electron chi connectivity index (χ0n) is 17.3. The van der Waals surface area contributed by atoms with Crippen LogP contribution in [-0.2, 0) is 24.1 Å². The van der Waals surface area contributed by atoms with Crippen molar-refractivity contribution in [1.29, 1.82) is 0 Å². The fourth-order valence-electron chi connectivity index (χ4n) is 3.61. The van der Waals surface area contributed by atoms with Crippen molar-refractivity contribution in [2.24, 2.45) is 0 Å². The summed E-state index contributed by atoms with van der Waals surface area (Å²) in [6, 6.07) is 7.37. The maximum Gasteiger partial charge on any atom is 0.436 e.